The number of rotatable bonds is 5. The van der Waals surface area contributed by atoms with Gasteiger partial charge in [0.2, 0.25) is 0 Å². The molecular formula is C17H30N4. The van der Waals surface area contributed by atoms with E-state index in [4.69, 9.17) is 0 Å². The van der Waals surface area contributed by atoms with Crippen LogP contribution in [0.2, 0.25) is 0 Å². The van der Waals surface area contributed by atoms with Gasteiger partial charge in [-0.05, 0) is 24.7 Å². The minimum atomic E-state index is 0.741. The molecule has 1 heterocycles. The van der Waals surface area contributed by atoms with Crippen molar-refractivity contribution < 1.29 is 0 Å². The highest BCUT2D eigenvalue weighted by atomic mass is 15.3. The molecule has 0 amide bonds. The second-order valence-electron chi connectivity index (χ2n) is 6.99. The first-order valence-electron chi connectivity index (χ1n) is 8.91. The zero-order valence-corrected chi connectivity index (χ0v) is 13.4. The summed E-state index contributed by atoms with van der Waals surface area (Å²) >= 11 is 0. The molecule has 0 radical (unpaired) electrons. The Morgan fingerprint density at radius 2 is 1.86 bits per heavy atom. The van der Waals surface area contributed by atoms with Crippen molar-refractivity contribution in [1.82, 2.24) is 20.1 Å². The first-order chi connectivity index (χ1) is 10.3. The standard InChI is InChI=1S/C17H30N4/c1-21-13-19-17(20-21)11-12-18-16-10-6-5-9-15(16)14-7-3-2-4-8-14/h13-16,18H,2-12H2,1H3. The van der Waals surface area contributed by atoms with Crippen LogP contribution in [0.25, 0.3) is 0 Å². The summed E-state index contributed by atoms with van der Waals surface area (Å²) in [6.07, 6.45) is 15.8. The van der Waals surface area contributed by atoms with Crippen LogP contribution in [-0.4, -0.2) is 27.4 Å². The molecule has 4 heteroatoms. The summed E-state index contributed by atoms with van der Waals surface area (Å²) in [6.45, 7) is 1.03. The van der Waals surface area contributed by atoms with Crippen LogP contribution in [0.1, 0.15) is 63.6 Å². The van der Waals surface area contributed by atoms with Crippen LogP contribution in [-0.2, 0) is 13.5 Å². The van der Waals surface area contributed by atoms with E-state index in [2.05, 4.69) is 15.4 Å². The van der Waals surface area contributed by atoms with Gasteiger partial charge in [-0.25, -0.2) is 4.98 Å². The second kappa shape index (κ2) is 7.39. The molecule has 1 aromatic rings. The Labute approximate surface area is 128 Å². The normalized spacial score (nSPS) is 27.9. The highest BCUT2D eigenvalue weighted by molar-refractivity contribution is 4.88. The maximum atomic E-state index is 4.37. The summed E-state index contributed by atoms with van der Waals surface area (Å²) in [4.78, 5) is 4.32. The van der Waals surface area contributed by atoms with E-state index in [1.807, 2.05) is 7.05 Å². The van der Waals surface area contributed by atoms with Crippen LogP contribution in [0.5, 0.6) is 0 Å². The zero-order valence-electron chi connectivity index (χ0n) is 13.4. The number of hydrogen-bond acceptors (Lipinski definition) is 3. The molecule has 0 spiro atoms. The van der Waals surface area contributed by atoms with E-state index in [1.54, 1.807) is 11.0 Å². The number of hydrogen-bond donors (Lipinski definition) is 1. The molecule has 0 bridgehead atoms. The van der Waals surface area contributed by atoms with Gasteiger partial charge in [0.05, 0.1) is 0 Å². The lowest BCUT2D eigenvalue weighted by atomic mass is 9.71. The lowest BCUT2D eigenvalue weighted by Crippen LogP contribution is -2.43. The van der Waals surface area contributed by atoms with Gasteiger partial charge in [0.25, 0.3) is 0 Å². The fourth-order valence-corrected chi connectivity index (χ4v) is 4.41. The molecule has 2 unspecified atom stereocenters. The highest BCUT2D eigenvalue weighted by Gasteiger charge is 2.31. The van der Waals surface area contributed by atoms with Gasteiger partial charge in [-0.15, -0.1) is 0 Å². The van der Waals surface area contributed by atoms with Crippen molar-refractivity contribution in [3.05, 3.63) is 12.2 Å². The topological polar surface area (TPSA) is 42.7 Å². The van der Waals surface area contributed by atoms with E-state index in [1.165, 1.54) is 57.8 Å². The van der Waals surface area contributed by atoms with E-state index in [0.29, 0.717) is 0 Å². The SMILES string of the molecule is Cn1cnc(CCNC2CCCCC2C2CCCCC2)n1. The number of aryl methyl sites for hydroxylation is 1. The van der Waals surface area contributed by atoms with Gasteiger partial charge in [0.15, 0.2) is 5.82 Å². The first kappa shape index (κ1) is 15.0. The third kappa shape index (κ3) is 4.06. The summed E-state index contributed by atoms with van der Waals surface area (Å²) in [5.74, 6) is 2.88. The molecule has 2 fully saturated rings. The maximum Gasteiger partial charge on any atom is 0.151 e. The molecule has 0 aliphatic heterocycles. The van der Waals surface area contributed by atoms with Crippen LogP contribution < -0.4 is 5.32 Å². The predicted octanol–water partition coefficient (Wildman–Crippen LogP) is 3.09. The smallest absolute Gasteiger partial charge is 0.151 e. The Morgan fingerprint density at radius 3 is 2.62 bits per heavy atom. The van der Waals surface area contributed by atoms with Gasteiger partial charge in [0, 0.05) is 26.1 Å². The number of nitrogens with zero attached hydrogens (tertiary/aromatic N) is 3. The van der Waals surface area contributed by atoms with Crippen molar-refractivity contribution in [2.45, 2.75) is 70.3 Å². The average molecular weight is 290 g/mol. The quantitative estimate of drug-likeness (QED) is 0.906. The third-order valence-electron chi connectivity index (χ3n) is 5.48. The molecule has 1 aromatic heterocycles. The molecular weight excluding hydrogens is 260 g/mol. The Balaban J connectivity index is 1.49. The lowest BCUT2D eigenvalue weighted by Gasteiger charge is -2.39. The molecule has 3 rings (SSSR count). The highest BCUT2D eigenvalue weighted by Crippen LogP contribution is 2.38. The largest absolute Gasteiger partial charge is 0.313 e. The summed E-state index contributed by atoms with van der Waals surface area (Å²) in [6, 6.07) is 0.741. The third-order valence-corrected chi connectivity index (χ3v) is 5.48. The minimum absolute atomic E-state index is 0.741. The van der Waals surface area contributed by atoms with Crippen molar-refractivity contribution in [2.24, 2.45) is 18.9 Å². The first-order valence-corrected chi connectivity index (χ1v) is 8.91. The van der Waals surface area contributed by atoms with E-state index in [9.17, 15) is 0 Å². The van der Waals surface area contributed by atoms with Crippen molar-refractivity contribution in [3.63, 3.8) is 0 Å². The van der Waals surface area contributed by atoms with Crippen LogP contribution in [0, 0.1) is 11.8 Å². The van der Waals surface area contributed by atoms with Gasteiger partial charge >= 0.3 is 0 Å². The van der Waals surface area contributed by atoms with Crippen molar-refractivity contribution in [2.75, 3.05) is 6.54 Å². The fourth-order valence-electron chi connectivity index (χ4n) is 4.41. The van der Waals surface area contributed by atoms with Crippen LogP contribution >= 0.6 is 0 Å². The minimum Gasteiger partial charge on any atom is -0.313 e. The second-order valence-corrected chi connectivity index (χ2v) is 6.99. The molecule has 0 saturated heterocycles. The zero-order chi connectivity index (χ0) is 14.5. The monoisotopic (exact) mass is 290 g/mol. The Kier molecular flexibility index (Phi) is 5.28. The van der Waals surface area contributed by atoms with E-state index in [0.717, 1.165) is 36.7 Å². The van der Waals surface area contributed by atoms with Crippen LogP contribution in [0.4, 0.5) is 0 Å². The summed E-state index contributed by atoms with van der Waals surface area (Å²) in [7, 11) is 1.93. The van der Waals surface area contributed by atoms with E-state index in [-0.39, 0.29) is 0 Å². The lowest BCUT2D eigenvalue weighted by molar-refractivity contribution is 0.150. The van der Waals surface area contributed by atoms with Crippen molar-refractivity contribution in [3.8, 4) is 0 Å². The molecule has 21 heavy (non-hydrogen) atoms. The Morgan fingerprint density at radius 1 is 1.10 bits per heavy atom. The average Bonchev–Trinajstić information content (AvgIpc) is 2.94. The fraction of sp³-hybridized carbons (Fsp3) is 0.882. The van der Waals surface area contributed by atoms with Gasteiger partial charge in [-0.3, -0.25) is 4.68 Å². The molecule has 118 valence electrons. The van der Waals surface area contributed by atoms with E-state index < -0.39 is 0 Å². The molecule has 2 aliphatic rings. The van der Waals surface area contributed by atoms with Crippen LogP contribution in [0.3, 0.4) is 0 Å². The van der Waals surface area contributed by atoms with Gasteiger partial charge in [-0.1, -0.05) is 44.9 Å². The van der Waals surface area contributed by atoms with Crippen LogP contribution in [0.15, 0.2) is 6.33 Å². The van der Waals surface area contributed by atoms with Gasteiger partial charge < -0.3 is 5.32 Å². The van der Waals surface area contributed by atoms with E-state index >= 15 is 0 Å². The summed E-state index contributed by atoms with van der Waals surface area (Å²) in [5, 5.41) is 8.21. The molecule has 0 aromatic carbocycles. The molecule has 2 aliphatic carbocycles. The maximum absolute atomic E-state index is 4.37. The Hall–Kier alpha value is -0.900. The molecule has 2 atom stereocenters. The Bertz CT molecular complexity index is 422. The predicted molar refractivity (Wildman–Crippen MR) is 85.0 cm³/mol. The number of aromatic nitrogens is 3. The summed E-state index contributed by atoms with van der Waals surface area (Å²) < 4.78 is 1.79. The van der Waals surface area contributed by atoms with Gasteiger partial charge in [-0.2, -0.15) is 5.10 Å². The molecule has 4 nitrogen and oxygen atoms in total. The summed E-state index contributed by atoms with van der Waals surface area (Å²) in [5.41, 5.74) is 0. The van der Waals surface area contributed by atoms with Gasteiger partial charge in [0.1, 0.15) is 6.33 Å². The van der Waals surface area contributed by atoms with Crippen molar-refractivity contribution >= 4 is 0 Å². The molecule has 1 N–H and O–H groups in total. The molecule has 2 saturated carbocycles. The number of nitrogens with one attached hydrogen (secondary N) is 1. The van der Waals surface area contributed by atoms with Crippen molar-refractivity contribution in [1.29, 1.82) is 0 Å².